The van der Waals surface area contributed by atoms with Crippen LogP contribution in [0.4, 0.5) is 0 Å². The molecule has 0 spiro atoms. The van der Waals surface area contributed by atoms with Crippen LogP contribution in [0.3, 0.4) is 0 Å². The van der Waals surface area contributed by atoms with E-state index in [-0.39, 0.29) is 5.41 Å². The van der Waals surface area contributed by atoms with Crippen LogP contribution in [0, 0.1) is 5.92 Å². The van der Waals surface area contributed by atoms with E-state index in [0.717, 1.165) is 37.3 Å². The number of ketones is 1. The number of piperidine rings is 1. The van der Waals surface area contributed by atoms with Crippen LogP contribution in [0.5, 0.6) is 11.5 Å². The monoisotopic (exact) mass is 331 g/mol. The van der Waals surface area contributed by atoms with Gasteiger partial charge in [-0.25, -0.2) is 4.59 Å². The third kappa shape index (κ3) is 1.97. The predicted molar refractivity (Wildman–Crippen MR) is 90.9 cm³/mol. The molecule has 130 valence electrons. The zero-order valence-electron chi connectivity index (χ0n) is 14.8. The second kappa shape index (κ2) is 5.20. The Bertz CT molecular complexity index is 700. The number of ether oxygens (including phenoxy) is 2. The van der Waals surface area contributed by atoms with Gasteiger partial charge in [0.25, 0.3) is 0 Å². The fourth-order valence-corrected chi connectivity index (χ4v) is 5.67. The third-order valence-electron chi connectivity index (χ3n) is 6.78. The lowest BCUT2D eigenvalue weighted by atomic mass is 9.51. The number of nitrogens with two attached hydrogens (primary N) is 1. The number of likely N-dealkylation sites (tertiary alicyclic amines) is 1. The van der Waals surface area contributed by atoms with Crippen molar-refractivity contribution in [1.82, 2.24) is 0 Å². The van der Waals surface area contributed by atoms with Crippen molar-refractivity contribution in [3.63, 3.8) is 0 Å². The first-order chi connectivity index (χ1) is 11.4. The Morgan fingerprint density at radius 2 is 2.08 bits per heavy atom. The molecule has 0 amide bonds. The van der Waals surface area contributed by atoms with E-state index in [1.54, 1.807) is 14.2 Å². The van der Waals surface area contributed by atoms with Gasteiger partial charge in [0, 0.05) is 42.6 Å². The summed E-state index contributed by atoms with van der Waals surface area (Å²) in [5.74, 6) is 9.04. The molecule has 0 aromatic heterocycles. The summed E-state index contributed by atoms with van der Waals surface area (Å²) in [6, 6.07) is 4.50. The van der Waals surface area contributed by atoms with E-state index >= 15 is 0 Å². The Balaban J connectivity index is 1.97. The summed E-state index contributed by atoms with van der Waals surface area (Å²) >= 11 is 0. The summed E-state index contributed by atoms with van der Waals surface area (Å²) in [5, 5.41) is 0. The average molecular weight is 331 g/mol. The molecule has 1 aromatic carbocycles. The number of likely N-dealkylation sites (N-methyl/N-ethyl adjacent to an activating group) is 1. The number of hydrogen-bond donors (Lipinski definition) is 1. The Labute approximate surface area is 143 Å². The van der Waals surface area contributed by atoms with Gasteiger partial charge in [-0.1, -0.05) is 6.07 Å². The van der Waals surface area contributed by atoms with Crippen LogP contribution in [0.2, 0.25) is 0 Å². The van der Waals surface area contributed by atoms with Gasteiger partial charge in [-0.2, -0.15) is 5.84 Å². The summed E-state index contributed by atoms with van der Waals surface area (Å²) in [7, 11) is 5.51. The molecule has 5 nitrogen and oxygen atoms in total. The first-order valence-electron chi connectivity index (χ1n) is 8.83. The molecule has 1 aliphatic heterocycles. The van der Waals surface area contributed by atoms with Crippen molar-refractivity contribution >= 4 is 5.78 Å². The standard InChI is InChI=1S/C19H27N2O3/c1-21(20)9-8-19-11-13(22)5-6-14(19)15(21)10-12-4-7-16(23-2)18(24-3)17(12)19/h4,7,14-15H,5-6,8-11,20H2,1-3H3/q+1/t14-,15+,19-,21?/m0/s1. The Morgan fingerprint density at radius 3 is 2.79 bits per heavy atom. The van der Waals surface area contributed by atoms with E-state index in [2.05, 4.69) is 13.1 Å². The molecule has 5 heteroatoms. The molecule has 1 unspecified atom stereocenters. The third-order valence-corrected chi connectivity index (χ3v) is 6.78. The van der Waals surface area contributed by atoms with Gasteiger partial charge >= 0.3 is 0 Å². The molecule has 24 heavy (non-hydrogen) atoms. The van der Waals surface area contributed by atoms with Crippen molar-refractivity contribution < 1.29 is 18.9 Å². The summed E-state index contributed by atoms with van der Waals surface area (Å²) in [6.07, 6.45) is 4.12. The first kappa shape index (κ1) is 15.9. The maximum Gasteiger partial charge on any atom is 0.164 e. The fourth-order valence-electron chi connectivity index (χ4n) is 5.67. The van der Waals surface area contributed by atoms with Gasteiger partial charge < -0.3 is 9.47 Å². The molecule has 1 heterocycles. The van der Waals surface area contributed by atoms with Crippen LogP contribution < -0.4 is 15.3 Å². The molecule has 2 aliphatic carbocycles. The van der Waals surface area contributed by atoms with Gasteiger partial charge in [0.1, 0.15) is 11.8 Å². The molecule has 2 N–H and O–H groups in total. The zero-order valence-corrected chi connectivity index (χ0v) is 14.8. The molecule has 2 fully saturated rings. The molecular weight excluding hydrogens is 304 g/mol. The Kier molecular flexibility index (Phi) is 3.45. The number of methoxy groups -OCH3 is 2. The van der Waals surface area contributed by atoms with Crippen molar-refractivity contribution in [1.29, 1.82) is 0 Å². The number of rotatable bonds is 2. The molecule has 1 saturated carbocycles. The molecule has 2 bridgehead atoms. The van der Waals surface area contributed by atoms with Crippen LogP contribution in [-0.4, -0.2) is 44.2 Å². The topological polar surface area (TPSA) is 61.6 Å². The fraction of sp³-hybridized carbons (Fsp3) is 0.632. The van der Waals surface area contributed by atoms with Crippen LogP contribution >= 0.6 is 0 Å². The normalized spacial score (nSPS) is 37.4. The smallest absolute Gasteiger partial charge is 0.164 e. The molecule has 1 saturated heterocycles. The molecule has 4 atom stereocenters. The maximum atomic E-state index is 12.4. The van der Waals surface area contributed by atoms with Crippen LogP contribution in [-0.2, 0) is 16.6 Å². The minimum absolute atomic E-state index is 0.134. The minimum Gasteiger partial charge on any atom is -0.493 e. The van der Waals surface area contributed by atoms with Gasteiger partial charge in [0.2, 0.25) is 0 Å². The van der Waals surface area contributed by atoms with Crippen molar-refractivity contribution in [2.75, 3.05) is 27.8 Å². The number of benzene rings is 1. The largest absolute Gasteiger partial charge is 0.493 e. The summed E-state index contributed by atoms with van der Waals surface area (Å²) < 4.78 is 11.9. The number of nitrogens with zero attached hydrogens (tertiary/aromatic N) is 1. The highest BCUT2D eigenvalue weighted by molar-refractivity contribution is 5.82. The maximum absolute atomic E-state index is 12.4. The Morgan fingerprint density at radius 1 is 1.29 bits per heavy atom. The van der Waals surface area contributed by atoms with Crippen LogP contribution in [0.15, 0.2) is 12.1 Å². The summed E-state index contributed by atoms with van der Waals surface area (Å²) in [4.78, 5) is 12.4. The van der Waals surface area contributed by atoms with E-state index in [0.29, 0.717) is 35.2 Å². The van der Waals surface area contributed by atoms with E-state index < -0.39 is 0 Å². The van der Waals surface area contributed by atoms with E-state index in [9.17, 15) is 4.79 Å². The number of fused-ring (bicyclic) bond motifs is 1. The highest BCUT2D eigenvalue weighted by atomic mass is 16.5. The SMILES string of the molecule is COc1ccc2c(c1OC)[C@]13CC[N+](C)(N)[C@H](C2)[C@@H]1CCC(=O)C3. The van der Waals surface area contributed by atoms with Crippen molar-refractivity contribution in [2.24, 2.45) is 11.8 Å². The average Bonchev–Trinajstić information content (AvgIpc) is 2.57. The zero-order chi connectivity index (χ0) is 17.1. The van der Waals surface area contributed by atoms with Gasteiger partial charge in [-0.3, -0.25) is 4.79 Å². The number of Topliss-reactive ketones (excluding diaryl/α,β-unsaturated/α-hetero) is 1. The molecule has 4 rings (SSSR count). The lowest BCUT2D eigenvalue weighted by Gasteiger charge is -2.59. The second-order valence-corrected chi connectivity index (χ2v) is 7.94. The highest BCUT2D eigenvalue weighted by Crippen LogP contribution is 2.59. The minimum atomic E-state index is -0.134. The number of carbonyl (C=O) groups is 1. The number of quaternary nitrogens is 1. The van der Waals surface area contributed by atoms with Gasteiger partial charge in [-0.05, 0) is 18.1 Å². The molecule has 1 aromatic rings. The highest BCUT2D eigenvalue weighted by Gasteiger charge is 2.61. The summed E-state index contributed by atoms with van der Waals surface area (Å²) in [6.45, 7) is 0.897. The van der Waals surface area contributed by atoms with E-state index in [1.807, 2.05) is 6.07 Å². The lowest BCUT2D eigenvalue weighted by Crippen LogP contribution is -2.71. The quantitative estimate of drug-likeness (QED) is 0.665. The van der Waals surface area contributed by atoms with Gasteiger partial charge in [-0.15, -0.1) is 0 Å². The van der Waals surface area contributed by atoms with E-state index in [1.165, 1.54) is 11.1 Å². The molecule has 3 aliphatic rings. The van der Waals surface area contributed by atoms with Gasteiger partial charge in [0.15, 0.2) is 11.5 Å². The van der Waals surface area contributed by atoms with Crippen LogP contribution in [0.1, 0.15) is 36.8 Å². The number of hydrogen-bond acceptors (Lipinski definition) is 4. The van der Waals surface area contributed by atoms with E-state index in [4.69, 9.17) is 15.3 Å². The van der Waals surface area contributed by atoms with Crippen molar-refractivity contribution in [3.05, 3.63) is 23.3 Å². The first-order valence-corrected chi connectivity index (χ1v) is 8.83. The van der Waals surface area contributed by atoms with Gasteiger partial charge in [0.05, 0.1) is 27.8 Å². The van der Waals surface area contributed by atoms with Crippen LogP contribution in [0.25, 0.3) is 0 Å². The predicted octanol–water partition coefficient (Wildman–Crippen LogP) is 1.96. The lowest BCUT2D eigenvalue weighted by molar-refractivity contribution is -0.956. The van der Waals surface area contributed by atoms with Crippen molar-refractivity contribution in [2.45, 2.75) is 43.6 Å². The molecular formula is C19H27N2O3+. The number of carbonyl (C=O) groups excluding carboxylic acids is 1. The molecule has 0 radical (unpaired) electrons. The summed E-state index contributed by atoms with van der Waals surface area (Å²) in [5.41, 5.74) is 2.36. The second-order valence-electron chi connectivity index (χ2n) is 7.94. The Hall–Kier alpha value is -1.59. The van der Waals surface area contributed by atoms with Crippen molar-refractivity contribution in [3.8, 4) is 11.5 Å².